The molecule has 0 aliphatic carbocycles. The van der Waals surface area contributed by atoms with Gasteiger partial charge < -0.3 is 10.3 Å². The molecule has 1 aromatic heterocycles. The van der Waals surface area contributed by atoms with Gasteiger partial charge in [0.15, 0.2) is 0 Å². The fourth-order valence-electron chi connectivity index (χ4n) is 2.17. The minimum Gasteiger partial charge on any atom is -0.328 e. The molecule has 1 aromatic carbocycles. The van der Waals surface area contributed by atoms with E-state index in [1.807, 2.05) is 0 Å². The Hall–Kier alpha value is -1.34. The van der Waals surface area contributed by atoms with E-state index in [0.717, 1.165) is 16.8 Å². The van der Waals surface area contributed by atoms with Crippen LogP contribution in [0.5, 0.6) is 0 Å². The van der Waals surface area contributed by atoms with E-state index in [4.69, 9.17) is 5.73 Å². The zero-order chi connectivity index (χ0) is 15.7. The largest absolute Gasteiger partial charge is 0.328 e. The van der Waals surface area contributed by atoms with Crippen molar-refractivity contribution in [3.05, 3.63) is 44.8 Å². The maximum atomic E-state index is 14.0. The van der Waals surface area contributed by atoms with E-state index in [0.29, 0.717) is 0 Å². The average Bonchev–Trinajstić information content (AvgIpc) is 2.37. The topological polar surface area (TPSA) is 48.0 Å². The van der Waals surface area contributed by atoms with Gasteiger partial charge in [0, 0.05) is 17.6 Å². The minimum atomic E-state index is -1.38. The number of hydrogen-bond donors (Lipinski definition) is 1. The predicted molar refractivity (Wildman–Crippen MR) is 79.0 cm³/mol. The van der Waals surface area contributed by atoms with Crippen LogP contribution in [0.15, 0.2) is 27.6 Å². The van der Waals surface area contributed by atoms with Gasteiger partial charge in [0.1, 0.15) is 17.8 Å². The van der Waals surface area contributed by atoms with Gasteiger partial charge >= 0.3 is 0 Å². The summed E-state index contributed by atoms with van der Waals surface area (Å²) < 4.78 is 42.2. The van der Waals surface area contributed by atoms with Crippen LogP contribution in [-0.4, -0.2) is 16.8 Å². The highest BCUT2D eigenvalue weighted by atomic mass is 79.9. The summed E-state index contributed by atoms with van der Waals surface area (Å²) in [6, 6.07) is 1.77. The molecule has 0 aliphatic rings. The highest BCUT2D eigenvalue weighted by Crippen LogP contribution is 2.23. The van der Waals surface area contributed by atoms with Crippen LogP contribution in [-0.2, 0) is 6.54 Å². The van der Waals surface area contributed by atoms with E-state index >= 15 is 0 Å². The lowest BCUT2D eigenvalue weighted by molar-refractivity contribution is 0.263. The molecule has 114 valence electrons. The van der Waals surface area contributed by atoms with E-state index in [1.165, 1.54) is 6.07 Å². The summed E-state index contributed by atoms with van der Waals surface area (Å²) in [6.45, 7) is 1.33. The van der Waals surface area contributed by atoms with Gasteiger partial charge in [-0.3, -0.25) is 4.79 Å². The van der Waals surface area contributed by atoms with E-state index in [2.05, 4.69) is 15.9 Å². The van der Waals surface area contributed by atoms with E-state index in [9.17, 15) is 18.0 Å². The van der Waals surface area contributed by atoms with Crippen LogP contribution in [0.3, 0.4) is 0 Å². The molecule has 1 heterocycles. The third kappa shape index (κ3) is 3.47. The molecule has 21 heavy (non-hydrogen) atoms. The standard InChI is InChI=1S/C14H14BrF3N2O/c1-7(19)2-8(16)5-20-6-13(18)9-3-11(15)12(17)4-10(9)14(20)21/h3-4,6-8H,2,5,19H2,1H3/t7-,8+/m0/s1. The second-order valence-electron chi connectivity index (χ2n) is 5.06. The van der Waals surface area contributed by atoms with Gasteiger partial charge in [0.05, 0.1) is 16.4 Å². The molecule has 2 atom stereocenters. The Bertz CT molecular complexity index is 730. The molecule has 2 aromatic rings. The van der Waals surface area contributed by atoms with Gasteiger partial charge in [0.25, 0.3) is 5.56 Å². The third-order valence-corrected chi connectivity index (χ3v) is 3.71. The Kier molecular flexibility index (Phi) is 4.73. The zero-order valence-electron chi connectivity index (χ0n) is 11.2. The number of nitrogens with two attached hydrogens (primary N) is 1. The molecule has 2 N–H and O–H groups in total. The molecule has 0 bridgehead atoms. The lowest BCUT2D eigenvalue weighted by Gasteiger charge is -2.14. The first-order valence-electron chi connectivity index (χ1n) is 6.37. The van der Waals surface area contributed by atoms with Gasteiger partial charge in [0.2, 0.25) is 0 Å². The van der Waals surface area contributed by atoms with Gasteiger partial charge in [-0.25, -0.2) is 13.2 Å². The first-order valence-corrected chi connectivity index (χ1v) is 7.16. The number of hydrogen-bond acceptors (Lipinski definition) is 2. The number of aromatic nitrogens is 1. The molecule has 2 rings (SSSR count). The van der Waals surface area contributed by atoms with Crippen LogP contribution >= 0.6 is 15.9 Å². The first kappa shape index (κ1) is 16.0. The number of nitrogens with zero attached hydrogens (tertiary/aromatic N) is 1. The van der Waals surface area contributed by atoms with Crippen LogP contribution in [0.1, 0.15) is 13.3 Å². The van der Waals surface area contributed by atoms with Gasteiger partial charge in [-0.1, -0.05) is 0 Å². The van der Waals surface area contributed by atoms with Crippen molar-refractivity contribution in [1.82, 2.24) is 4.57 Å². The fourth-order valence-corrected chi connectivity index (χ4v) is 2.51. The molecule has 7 heteroatoms. The second-order valence-corrected chi connectivity index (χ2v) is 5.91. The smallest absolute Gasteiger partial charge is 0.258 e. The monoisotopic (exact) mass is 362 g/mol. The maximum Gasteiger partial charge on any atom is 0.258 e. The van der Waals surface area contributed by atoms with Crippen molar-refractivity contribution in [2.45, 2.75) is 32.1 Å². The molecule has 0 saturated carbocycles. The summed E-state index contributed by atoms with van der Waals surface area (Å²) in [5, 5.41) is -0.129. The molecule has 0 spiro atoms. The summed E-state index contributed by atoms with van der Waals surface area (Å²) in [5.74, 6) is -1.39. The summed E-state index contributed by atoms with van der Waals surface area (Å²) in [5.41, 5.74) is 4.85. The first-order chi connectivity index (χ1) is 9.79. The lowest BCUT2D eigenvalue weighted by Crippen LogP contribution is -2.29. The SMILES string of the molecule is C[C@H](N)C[C@@H](F)Cn1cc(F)c2cc(Br)c(F)cc2c1=O. The van der Waals surface area contributed by atoms with Crippen LogP contribution in [0.25, 0.3) is 10.8 Å². The van der Waals surface area contributed by atoms with Crippen molar-refractivity contribution < 1.29 is 13.2 Å². The van der Waals surface area contributed by atoms with Gasteiger partial charge in [-0.2, -0.15) is 0 Å². The molecule has 0 saturated heterocycles. The zero-order valence-corrected chi connectivity index (χ0v) is 12.8. The van der Waals surface area contributed by atoms with E-state index in [-0.39, 0.29) is 34.3 Å². The maximum absolute atomic E-state index is 14.0. The summed E-state index contributed by atoms with van der Waals surface area (Å²) in [7, 11) is 0. The number of fused-ring (bicyclic) bond motifs is 1. The van der Waals surface area contributed by atoms with E-state index < -0.39 is 23.4 Å². The Morgan fingerprint density at radius 3 is 2.57 bits per heavy atom. The highest BCUT2D eigenvalue weighted by Gasteiger charge is 2.16. The summed E-state index contributed by atoms with van der Waals surface area (Å²) >= 11 is 2.94. The molecule has 3 nitrogen and oxygen atoms in total. The van der Waals surface area contributed by atoms with Crippen molar-refractivity contribution in [3.63, 3.8) is 0 Å². The summed E-state index contributed by atoms with van der Waals surface area (Å²) in [6.07, 6.45) is -0.385. The van der Waals surface area contributed by atoms with Crippen molar-refractivity contribution >= 4 is 26.7 Å². The minimum absolute atomic E-state index is 0.00729. The Balaban J connectivity index is 2.50. The van der Waals surface area contributed by atoms with E-state index in [1.54, 1.807) is 6.92 Å². The van der Waals surface area contributed by atoms with Crippen LogP contribution in [0.4, 0.5) is 13.2 Å². The normalized spacial score (nSPS) is 14.4. The number of benzene rings is 1. The predicted octanol–water partition coefficient (Wildman–Crippen LogP) is 3.12. The molecule has 0 radical (unpaired) electrons. The second kappa shape index (κ2) is 6.19. The number of halogens is 4. The molecular formula is C14H14BrF3N2O. The molecule has 0 aliphatic heterocycles. The Morgan fingerprint density at radius 1 is 1.29 bits per heavy atom. The Morgan fingerprint density at radius 2 is 1.95 bits per heavy atom. The average molecular weight is 363 g/mol. The number of pyridine rings is 1. The highest BCUT2D eigenvalue weighted by molar-refractivity contribution is 9.10. The number of rotatable bonds is 4. The van der Waals surface area contributed by atoms with Gasteiger partial charge in [-0.05, 0) is 41.4 Å². The lowest BCUT2D eigenvalue weighted by atomic mass is 10.1. The van der Waals surface area contributed by atoms with Gasteiger partial charge in [-0.15, -0.1) is 0 Å². The van der Waals surface area contributed by atoms with Crippen molar-refractivity contribution in [1.29, 1.82) is 0 Å². The fraction of sp³-hybridized carbons (Fsp3) is 0.357. The molecule has 0 unspecified atom stereocenters. The van der Waals surface area contributed by atoms with Crippen molar-refractivity contribution in [3.8, 4) is 0 Å². The Labute approximate surface area is 127 Å². The van der Waals surface area contributed by atoms with Crippen LogP contribution < -0.4 is 11.3 Å². The molecule has 0 amide bonds. The summed E-state index contributed by atoms with van der Waals surface area (Å²) in [4.78, 5) is 12.2. The number of alkyl halides is 1. The molecule has 0 fully saturated rings. The third-order valence-electron chi connectivity index (χ3n) is 3.10. The van der Waals surface area contributed by atoms with Crippen LogP contribution in [0.2, 0.25) is 0 Å². The molecular weight excluding hydrogens is 349 g/mol. The van der Waals surface area contributed by atoms with Crippen LogP contribution in [0, 0.1) is 11.6 Å². The quantitative estimate of drug-likeness (QED) is 0.908. The van der Waals surface area contributed by atoms with Crippen molar-refractivity contribution in [2.24, 2.45) is 5.73 Å². The van der Waals surface area contributed by atoms with Crippen molar-refractivity contribution in [2.75, 3.05) is 0 Å².